The molecule has 1 fully saturated rings. The third-order valence-electron chi connectivity index (χ3n) is 2.81. The molecule has 0 amide bonds. The Morgan fingerprint density at radius 2 is 1.80 bits per heavy atom. The Balaban J connectivity index is 2.55. The summed E-state index contributed by atoms with van der Waals surface area (Å²) in [5.74, 6) is 0. The molecule has 3 nitrogen and oxygen atoms in total. The number of quaternary nitrogens is 1. The van der Waals surface area contributed by atoms with Gasteiger partial charge in [-0.25, -0.2) is 0 Å². The van der Waals surface area contributed by atoms with Gasteiger partial charge >= 0.3 is 6.18 Å². The molecule has 1 heterocycles. The molecule has 1 saturated heterocycles. The number of halogens is 3. The molecule has 0 aromatic carbocycles. The van der Waals surface area contributed by atoms with Crippen LogP contribution in [0.3, 0.4) is 0 Å². The lowest BCUT2D eigenvalue weighted by atomic mass is 10.1. The Labute approximate surface area is 86.8 Å². The van der Waals surface area contributed by atoms with Crippen molar-refractivity contribution in [3.63, 3.8) is 0 Å². The van der Waals surface area contributed by atoms with Crippen LogP contribution < -0.4 is 4.90 Å². The third kappa shape index (κ3) is 3.32. The molecule has 0 spiro atoms. The number of hydrogen-bond acceptors (Lipinski definition) is 2. The van der Waals surface area contributed by atoms with Gasteiger partial charge in [0, 0.05) is 0 Å². The normalized spacial score (nSPS) is 35.2. The summed E-state index contributed by atoms with van der Waals surface area (Å²) in [5.41, 5.74) is 0. The van der Waals surface area contributed by atoms with E-state index in [1.807, 2.05) is 13.8 Å². The zero-order valence-corrected chi connectivity index (χ0v) is 8.84. The van der Waals surface area contributed by atoms with Gasteiger partial charge in [0.2, 0.25) is 0 Å². The summed E-state index contributed by atoms with van der Waals surface area (Å²) in [7, 11) is 0. The summed E-state index contributed by atoms with van der Waals surface area (Å²) < 4.78 is 41.7. The van der Waals surface area contributed by atoms with E-state index in [1.54, 1.807) is 0 Å². The second kappa shape index (κ2) is 4.67. The monoisotopic (exact) mass is 228 g/mol. The summed E-state index contributed by atoms with van der Waals surface area (Å²) in [5, 5.41) is 8.99. The van der Waals surface area contributed by atoms with Crippen molar-refractivity contribution in [2.45, 2.75) is 38.2 Å². The minimum Gasteiger partial charge on any atom is -0.379 e. The van der Waals surface area contributed by atoms with Crippen LogP contribution >= 0.6 is 0 Å². The number of hydrogen-bond donors (Lipinski definition) is 2. The second-order valence-corrected chi connectivity index (χ2v) is 4.18. The molecule has 6 heteroatoms. The molecule has 2 N–H and O–H groups in total. The zero-order chi connectivity index (χ0) is 11.6. The van der Waals surface area contributed by atoms with E-state index in [2.05, 4.69) is 0 Å². The highest BCUT2D eigenvalue weighted by Crippen LogP contribution is 2.18. The number of aliphatic hydroxyl groups is 1. The van der Waals surface area contributed by atoms with E-state index in [1.165, 1.54) is 0 Å². The Morgan fingerprint density at radius 3 is 2.20 bits per heavy atom. The maximum Gasteiger partial charge on any atom is 0.419 e. The van der Waals surface area contributed by atoms with Gasteiger partial charge in [-0.15, -0.1) is 0 Å². The van der Waals surface area contributed by atoms with Gasteiger partial charge in [0.1, 0.15) is 18.6 Å². The number of nitrogens with one attached hydrogen (secondary N) is 1. The average molecular weight is 228 g/mol. The van der Waals surface area contributed by atoms with E-state index in [0.29, 0.717) is 13.2 Å². The van der Waals surface area contributed by atoms with Crippen molar-refractivity contribution in [3.05, 3.63) is 0 Å². The van der Waals surface area contributed by atoms with Crippen LogP contribution in [0.25, 0.3) is 0 Å². The van der Waals surface area contributed by atoms with Crippen molar-refractivity contribution in [1.82, 2.24) is 0 Å². The highest BCUT2D eigenvalue weighted by molar-refractivity contribution is 4.66. The first kappa shape index (κ1) is 12.7. The standard InChI is InChI=1S/C9H16F3NO2/c1-6-4-15-5-7(2)13(6)3-8(14)9(10,11)12/h6-8,14H,3-5H2,1-2H3/p+1/t6-,7+,8-/m0/s1. The molecule has 4 atom stereocenters. The van der Waals surface area contributed by atoms with Crippen molar-refractivity contribution in [1.29, 1.82) is 0 Å². The van der Waals surface area contributed by atoms with Crippen LogP contribution in [0.15, 0.2) is 0 Å². The van der Waals surface area contributed by atoms with Crippen molar-refractivity contribution in [2.75, 3.05) is 19.8 Å². The number of ether oxygens (including phenoxy) is 1. The predicted octanol–water partition coefficient (Wildman–Crippen LogP) is -0.398. The largest absolute Gasteiger partial charge is 0.419 e. The number of morpholine rings is 1. The molecule has 90 valence electrons. The van der Waals surface area contributed by atoms with Crippen LogP contribution in [-0.4, -0.2) is 49.2 Å². The second-order valence-electron chi connectivity index (χ2n) is 4.18. The van der Waals surface area contributed by atoms with Crippen molar-refractivity contribution in [2.24, 2.45) is 0 Å². The van der Waals surface area contributed by atoms with E-state index in [0.717, 1.165) is 4.90 Å². The maximum atomic E-state index is 12.2. The first-order valence-electron chi connectivity index (χ1n) is 5.00. The van der Waals surface area contributed by atoms with Crippen LogP contribution in [0.4, 0.5) is 13.2 Å². The van der Waals surface area contributed by atoms with Gasteiger partial charge < -0.3 is 14.7 Å². The molecule has 0 saturated carbocycles. The molecule has 0 radical (unpaired) electrons. The zero-order valence-electron chi connectivity index (χ0n) is 8.84. The van der Waals surface area contributed by atoms with Gasteiger partial charge in [-0.05, 0) is 13.8 Å². The van der Waals surface area contributed by atoms with Crippen LogP contribution in [0.2, 0.25) is 0 Å². The van der Waals surface area contributed by atoms with Crippen LogP contribution in [0.1, 0.15) is 13.8 Å². The average Bonchev–Trinajstić information content (AvgIpc) is 2.09. The fourth-order valence-electron chi connectivity index (χ4n) is 1.86. The van der Waals surface area contributed by atoms with Gasteiger partial charge in [-0.2, -0.15) is 13.2 Å². The lowest BCUT2D eigenvalue weighted by Gasteiger charge is -2.36. The first-order valence-corrected chi connectivity index (χ1v) is 5.00. The maximum absolute atomic E-state index is 12.2. The lowest BCUT2D eigenvalue weighted by Crippen LogP contribution is -3.21. The molecule has 1 rings (SSSR count). The van der Waals surface area contributed by atoms with E-state index < -0.39 is 12.3 Å². The van der Waals surface area contributed by atoms with Gasteiger partial charge in [-0.3, -0.25) is 0 Å². The Kier molecular flexibility index (Phi) is 3.97. The van der Waals surface area contributed by atoms with Crippen LogP contribution in [0, 0.1) is 0 Å². The van der Waals surface area contributed by atoms with E-state index >= 15 is 0 Å². The summed E-state index contributed by atoms with van der Waals surface area (Å²) in [4.78, 5) is 0.756. The molecule has 1 unspecified atom stereocenters. The van der Waals surface area contributed by atoms with Crippen molar-refractivity contribution >= 4 is 0 Å². The number of aliphatic hydroxyl groups excluding tert-OH is 1. The Hall–Kier alpha value is -0.330. The summed E-state index contributed by atoms with van der Waals surface area (Å²) in [6.45, 7) is 4.26. The van der Waals surface area contributed by atoms with Gasteiger partial charge in [-0.1, -0.05) is 0 Å². The highest BCUT2D eigenvalue weighted by Gasteiger charge is 2.43. The molecule has 15 heavy (non-hydrogen) atoms. The minimum absolute atomic E-state index is 0.00856. The fraction of sp³-hybridized carbons (Fsp3) is 1.00. The van der Waals surface area contributed by atoms with Crippen LogP contribution in [-0.2, 0) is 4.74 Å². The number of alkyl halides is 3. The lowest BCUT2D eigenvalue weighted by molar-refractivity contribution is -0.958. The summed E-state index contributed by atoms with van der Waals surface area (Å²) >= 11 is 0. The summed E-state index contributed by atoms with van der Waals surface area (Å²) in [6, 6.07) is -0.0171. The Bertz CT molecular complexity index is 200. The van der Waals surface area contributed by atoms with Gasteiger partial charge in [0.15, 0.2) is 6.10 Å². The topological polar surface area (TPSA) is 33.9 Å². The quantitative estimate of drug-likeness (QED) is 0.674. The predicted molar refractivity (Wildman–Crippen MR) is 47.6 cm³/mol. The van der Waals surface area contributed by atoms with Crippen molar-refractivity contribution < 1.29 is 27.9 Å². The Morgan fingerprint density at radius 1 is 1.33 bits per heavy atom. The molecule has 0 aromatic heterocycles. The molecular formula is C9H17F3NO2+. The summed E-state index contributed by atoms with van der Waals surface area (Å²) in [6.07, 6.45) is -6.76. The molecular weight excluding hydrogens is 211 g/mol. The van der Waals surface area contributed by atoms with E-state index in [-0.39, 0.29) is 18.6 Å². The smallest absolute Gasteiger partial charge is 0.379 e. The highest BCUT2D eigenvalue weighted by atomic mass is 19.4. The molecule has 0 aromatic rings. The van der Waals surface area contributed by atoms with Gasteiger partial charge in [0.25, 0.3) is 0 Å². The van der Waals surface area contributed by atoms with Gasteiger partial charge in [0.05, 0.1) is 13.2 Å². The van der Waals surface area contributed by atoms with E-state index in [4.69, 9.17) is 9.84 Å². The van der Waals surface area contributed by atoms with Crippen LogP contribution in [0.5, 0.6) is 0 Å². The molecule has 1 aliphatic heterocycles. The van der Waals surface area contributed by atoms with E-state index in [9.17, 15) is 13.2 Å². The first-order chi connectivity index (χ1) is 6.82. The molecule has 0 aliphatic carbocycles. The molecule has 1 aliphatic rings. The SMILES string of the molecule is C[C@@H]1COC[C@H](C)[NH+]1C[C@H](O)C(F)(F)F. The third-order valence-corrected chi connectivity index (χ3v) is 2.81. The number of rotatable bonds is 2. The molecule has 0 bridgehead atoms. The van der Waals surface area contributed by atoms with Crippen molar-refractivity contribution in [3.8, 4) is 0 Å². The fourth-order valence-corrected chi connectivity index (χ4v) is 1.86. The minimum atomic E-state index is -4.52.